The normalized spacial score (nSPS) is 24.7. The van der Waals surface area contributed by atoms with Crippen LogP contribution < -0.4 is 11.3 Å². The van der Waals surface area contributed by atoms with Gasteiger partial charge in [-0.2, -0.15) is 0 Å². The van der Waals surface area contributed by atoms with Gasteiger partial charge < -0.3 is 4.74 Å². The fraction of sp³-hybridized carbons (Fsp3) is 0.400. The molecule has 1 aliphatic rings. The van der Waals surface area contributed by atoms with E-state index >= 15 is 0 Å². The van der Waals surface area contributed by atoms with E-state index in [4.69, 9.17) is 10.6 Å². The Morgan fingerprint density at radius 3 is 3.00 bits per heavy atom. The first-order valence-electron chi connectivity index (χ1n) is 6.74. The van der Waals surface area contributed by atoms with Crippen molar-refractivity contribution in [3.63, 3.8) is 0 Å². The number of hydrogen-bond donors (Lipinski definition) is 2. The predicted molar refractivity (Wildman–Crippen MR) is 75.4 cm³/mol. The molecule has 0 radical (unpaired) electrons. The molecule has 3 rings (SSSR count). The summed E-state index contributed by atoms with van der Waals surface area (Å²) in [5, 5.41) is 2.31. The molecule has 100 valence electrons. The monoisotopic (exact) mass is 257 g/mol. The molecule has 1 aliphatic heterocycles. The molecule has 2 heterocycles. The Hall–Kier alpha value is -1.49. The molecule has 1 aromatic carbocycles. The van der Waals surface area contributed by atoms with Gasteiger partial charge >= 0.3 is 0 Å². The highest BCUT2D eigenvalue weighted by Crippen LogP contribution is 2.32. The number of nitrogens with two attached hydrogens (primary N) is 1. The number of aromatic nitrogens is 1. The number of rotatable bonds is 3. The molecule has 0 aliphatic carbocycles. The van der Waals surface area contributed by atoms with Crippen LogP contribution in [0.5, 0.6) is 0 Å². The zero-order valence-electron chi connectivity index (χ0n) is 11.0. The van der Waals surface area contributed by atoms with Crippen LogP contribution in [0.15, 0.2) is 36.7 Å². The first kappa shape index (κ1) is 12.5. The zero-order valence-corrected chi connectivity index (χ0v) is 11.0. The second-order valence-corrected chi connectivity index (χ2v) is 5.15. The number of nitrogens with zero attached hydrogens (tertiary/aromatic N) is 1. The summed E-state index contributed by atoms with van der Waals surface area (Å²) in [6, 6.07) is 8.27. The summed E-state index contributed by atoms with van der Waals surface area (Å²) < 4.78 is 5.95. The zero-order chi connectivity index (χ0) is 13.2. The van der Waals surface area contributed by atoms with Gasteiger partial charge in [0.2, 0.25) is 0 Å². The van der Waals surface area contributed by atoms with E-state index in [1.54, 1.807) is 0 Å². The Kier molecular flexibility index (Phi) is 3.46. The summed E-state index contributed by atoms with van der Waals surface area (Å²) >= 11 is 0. The lowest BCUT2D eigenvalue weighted by atomic mass is 9.95. The van der Waals surface area contributed by atoms with E-state index in [0.29, 0.717) is 6.10 Å². The number of ether oxygens (including phenoxy) is 1. The molecule has 19 heavy (non-hydrogen) atoms. The van der Waals surface area contributed by atoms with Gasteiger partial charge in [-0.25, -0.2) is 0 Å². The lowest BCUT2D eigenvalue weighted by Crippen LogP contribution is -2.36. The second-order valence-electron chi connectivity index (χ2n) is 5.15. The smallest absolute Gasteiger partial charge is 0.0787 e. The molecular formula is C15H19N3O. The van der Waals surface area contributed by atoms with Crippen molar-refractivity contribution >= 4 is 10.8 Å². The van der Waals surface area contributed by atoms with Crippen molar-refractivity contribution < 1.29 is 4.74 Å². The maximum Gasteiger partial charge on any atom is 0.0787 e. The van der Waals surface area contributed by atoms with E-state index in [-0.39, 0.29) is 12.1 Å². The molecule has 1 aromatic heterocycles. The van der Waals surface area contributed by atoms with Gasteiger partial charge in [0.25, 0.3) is 0 Å². The van der Waals surface area contributed by atoms with Crippen molar-refractivity contribution in [2.45, 2.75) is 38.0 Å². The Labute approximate surface area is 112 Å². The number of pyridine rings is 1. The number of hydrazine groups is 1. The summed E-state index contributed by atoms with van der Waals surface area (Å²) in [6.45, 7) is 2.11. The Bertz CT molecular complexity index is 567. The van der Waals surface area contributed by atoms with Crippen LogP contribution in [0.2, 0.25) is 0 Å². The van der Waals surface area contributed by atoms with Crippen LogP contribution in [-0.2, 0) is 4.74 Å². The van der Waals surface area contributed by atoms with E-state index in [2.05, 4.69) is 35.5 Å². The van der Waals surface area contributed by atoms with Crippen molar-refractivity contribution in [3.8, 4) is 0 Å². The fourth-order valence-electron chi connectivity index (χ4n) is 2.88. The molecule has 3 unspecified atom stereocenters. The van der Waals surface area contributed by atoms with E-state index in [0.717, 1.165) is 23.8 Å². The molecule has 3 N–H and O–H groups in total. The predicted octanol–water partition coefficient (Wildman–Crippen LogP) is 2.31. The Morgan fingerprint density at radius 2 is 2.26 bits per heavy atom. The Balaban J connectivity index is 2.01. The van der Waals surface area contributed by atoms with Gasteiger partial charge in [-0.05, 0) is 36.8 Å². The number of fused-ring (bicyclic) bond motifs is 1. The second kappa shape index (κ2) is 5.25. The van der Waals surface area contributed by atoms with Crippen molar-refractivity contribution in [1.82, 2.24) is 10.4 Å². The van der Waals surface area contributed by atoms with E-state index in [1.807, 2.05) is 18.5 Å². The fourth-order valence-corrected chi connectivity index (χ4v) is 2.88. The maximum atomic E-state index is 5.95. The molecule has 0 amide bonds. The molecular weight excluding hydrogens is 238 g/mol. The summed E-state index contributed by atoms with van der Waals surface area (Å²) in [7, 11) is 0. The van der Waals surface area contributed by atoms with Crippen LogP contribution in [0.4, 0.5) is 0 Å². The third kappa shape index (κ3) is 2.34. The molecule has 1 fully saturated rings. The summed E-state index contributed by atoms with van der Waals surface area (Å²) in [6.07, 6.45) is 6.27. The highest BCUT2D eigenvalue weighted by molar-refractivity contribution is 5.85. The third-order valence-electron chi connectivity index (χ3n) is 3.87. The van der Waals surface area contributed by atoms with Crippen LogP contribution in [0.3, 0.4) is 0 Å². The summed E-state index contributed by atoms with van der Waals surface area (Å²) in [5.41, 5.74) is 4.08. The molecule has 1 saturated heterocycles. The largest absolute Gasteiger partial charge is 0.373 e. The third-order valence-corrected chi connectivity index (χ3v) is 3.87. The van der Waals surface area contributed by atoms with Crippen LogP contribution >= 0.6 is 0 Å². The minimum atomic E-state index is 0.0119. The molecule has 0 bridgehead atoms. The first-order chi connectivity index (χ1) is 9.29. The number of benzene rings is 1. The highest BCUT2D eigenvalue weighted by atomic mass is 16.5. The van der Waals surface area contributed by atoms with Gasteiger partial charge in [0.1, 0.15) is 0 Å². The highest BCUT2D eigenvalue weighted by Gasteiger charge is 2.30. The molecule has 2 aromatic rings. The van der Waals surface area contributed by atoms with E-state index < -0.39 is 0 Å². The van der Waals surface area contributed by atoms with Crippen LogP contribution in [0, 0.1) is 0 Å². The summed E-state index contributed by atoms with van der Waals surface area (Å²) in [5.74, 6) is 5.77. The molecule has 0 spiro atoms. The van der Waals surface area contributed by atoms with Crippen LogP contribution in [-0.4, -0.2) is 17.2 Å². The summed E-state index contributed by atoms with van der Waals surface area (Å²) in [4.78, 5) is 4.22. The van der Waals surface area contributed by atoms with Crippen molar-refractivity contribution in [1.29, 1.82) is 0 Å². The molecule has 0 saturated carbocycles. The lowest BCUT2D eigenvalue weighted by molar-refractivity contribution is 0.0319. The van der Waals surface area contributed by atoms with E-state index in [9.17, 15) is 0 Å². The van der Waals surface area contributed by atoms with E-state index in [1.165, 1.54) is 5.39 Å². The Morgan fingerprint density at radius 1 is 1.37 bits per heavy atom. The van der Waals surface area contributed by atoms with Crippen LogP contribution in [0.1, 0.15) is 31.4 Å². The van der Waals surface area contributed by atoms with Gasteiger partial charge in [0, 0.05) is 17.8 Å². The average molecular weight is 257 g/mol. The quantitative estimate of drug-likeness (QED) is 0.654. The van der Waals surface area contributed by atoms with Gasteiger partial charge in [-0.3, -0.25) is 16.3 Å². The van der Waals surface area contributed by atoms with Gasteiger partial charge in [0.05, 0.1) is 18.2 Å². The number of hydrogen-bond acceptors (Lipinski definition) is 4. The standard InChI is InChI=1S/C15H19N3O/c1-10-5-6-14(19-10)15(18-16)12-4-2-3-11-7-8-17-9-13(11)12/h2-4,7-10,14-15,18H,5-6,16H2,1H3. The number of nitrogens with one attached hydrogen (secondary N) is 1. The van der Waals surface area contributed by atoms with Crippen LogP contribution in [0.25, 0.3) is 10.8 Å². The first-order valence-corrected chi connectivity index (χ1v) is 6.74. The minimum Gasteiger partial charge on any atom is -0.373 e. The average Bonchev–Trinajstić information content (AvgIpc) is 2.86. The van der Waals surface area contributed by atoms with Gasteiger partial charge in [-0.15, -0.1) is 0 Å². The maximum absolute atomic E-state index is 5.95. The molecule has 4 heteroatoms. The van der Waals surface area contributed by atoms with Crippen molar-refractivity contribution in [3.05, 3.63) is 42.2 Å². The van der Waals surface area contributed by atoms with Crippen molar-refractivity contribution in [2.24, 2.45) is 5.84 Å². The van der Waals surface area contributed by atoms with Crippen molar-refractivity contribution in [2.75, 3.05) is 0 Å². The minimum absolute atomic E-state index is 0.0119. The van der Waals surface area contributed by atoms with Gasteiger partial charge in [0.15, 0.2) is 0 Å². The SMILES string of the molecule is CC1CCC(C(NN)c2cccc3ccncc23)O1. The molecule has 4 nitrogen and oxygen atoms in total. The molecule has 3 atom stereocenters. The lowest BCUT2D eigenvalue weighted by Gasteiger charge is -2.24. The van der Waals surface area contributed by atoms with Gasteiger partial charge in [-0.1, -0.05) is 18.2 Å². The topological polar surface area (TPSA) is 60.2 Å².